The molecule has 0 unspecified atom stereocenters. The summed E-state index contributed by atoms with van der Waals surface area (Å²) >= 11 is 28.2. The molecule has 12 aromatic rings. The molecule has 4 aromatic heterocycles. The third kappa shape index (κ3) is 13.4. The minimum absolute atomic E-state index is 0.0200. The Labute approximate surface area is 645 Å². The third-order valence-corrected chi connectivity index (χ3v) is 22.8. The molecule has 4 aliphatic rings. The number of aromatic nitrogens is 8. The first-order valence-corrected chi connectivity index (χ1v) is 37.4. The largest absolute Gasteiger partial charge is 0.368 e. The Hall–Kier alpha value is -10.6. The third-order valence-electron chi connectivity index (χ3n) is 20.7. The molecule has 0 atom stereocenters. The Balaban J connectivity index is 0.551. The minimum Gasteiger partial charge on any atom is -0.368 e. The van der Waals surface area contributed by atoms with Crippen LogP contribution >= 0.6 is 75.8 Å². The van der Waals surface area contributed by atoms with Gasteiger partial charge in [0.2, 0.25) is 35.7 Å². The van der Waals surface area contributed by atoms with Crippen molar-refractivity contribution in [1.82, 2.24) is 39.0 Å². The Morgan fingerprint density at radius 1 is 0.402 bits per heavy atom. The van der Waals surface area contributed by atoms with E-state index in [1.165, 1.54) is 9.13 Å². The lowest BCUT2D eigenvalue weighted by Crippen LogP contribution is -2.30. The van der Waals surface area contributed by atoms with Crippen molar-refractivity contribution >= 4 is 191 Å². The fraction of sp³-hybridized carbons (Fsp3) is 0.190. The van der Waals surface area contributed by atoms with E-state index in [-0.39, 0.29) is 58.6 Å². The number of anilines is 12. The number of thiol groups is 6. The molecule has 0 aliphatic heterocycles. The van der Waals surface area contributed by atoms with Crippen molar-refractivity contribution < 1.29 is 19.2 Å². The molecular weight excluding hydrogens is 1460 g/mol. The number of pyridine rings is 2. The first kappa shape index (κ1) is 70.7. The van der Waals surface area contributed by atoms with E-state index >= 15 is 0 Å². The maximum atomic E-state index is 14.8. The van der Waals surface area contributed by atoms with Gasteiger partial charge in [-0.15, -0.1) is 75.8 Å². The van der Waals surface area contributed by atoms with E-state index in [0.717, 1.165) is 57.8 Å². The van der Waals surface area contributed by atoms with Crippen molar-refractivity contribution in [3.05, 3.63) is 211 Å². The number of hydrogen-bond acceptors (Lipinski definition) is 26. The number of carbonyl (C=O) groups excluding carboxylic acids is 4. The summed E-state index contributed by atoms with van der Waals surface area (Å²) < 4.78 is 2.83. The number of benzene rings is 8. The summed E-state index contributed by atoms with van der Waals surface area (Å²) in [7, 11) is 3.20. The molecule has 536 valence electrons. The van der Waals surface area contributed by atoms with Gasteiger partial charge in [0.05, 0.1) is 67.4 Å². The molecule has 4 heterocycles. The molecule has 10 N–H and O–H groups in total. The number of fused-ring (bicyclic) bond motifs is 4. The quantitative estimate of drug-likeness (QED) is 0.0280. The molecule has 2 saturated carbocycles. The van der Waals surface area contributed by atoms with Crippen molar-refractivity contribution in [2.75, 3.05) is 43.4 Å². The van der Waals surface area contributed by atoms with Crippen molar-refractivity contribution in [2.24, 2.45) is 25.9 Å². The second kappa shape index (κ2) is 28.6. The summed E-state index contributed by atoms with van der Waals surface area (Å²) in [6.45, 7) is 0. The van der Waals surface area contributed by atoms with Gasteiger partial charge >= 0.3 is 0 Å². The maximum absolute atomic E-state index is 14.8. The number of nitrogens with one attached hydrogen (secondary N) is 6. The van der Waals surface area contributed by atoms with Crippen molar-refractivity contribution in [3.63, 3.8) is 0 Å². The van der Waals surface area contributed by atoms with Gasteiger partial charge in [0.15, 0.2) is 23.1 Å². The number of nitrogens with two attached hydrogens (primary N) is 2. The van der Waals surface area contributed by atoms with E-state index in [9.17, 15) is 28.8 Å². The monoisotopic (exact) mass is 1530 g/mol. The van der Waals surface area contributed by atoms with Gasteiger partial charge in [-0.05, 0) is 154 Å². The molecule has 0 spiro atoms. The van der Waals surface area contributed by atoms with Crippen LogP contribution in [0, 0.1) is 11.8 Å². The molecular formula is C79H68N16O6S6. The first-order valence-electron chi connectivity index (χ1n) is 34.7. The van der Waals surface area contributed by atoms with Crippen LogP contribution in [0.15, 0.2) is 185 Å². The van der Waals surface area contributed by atoms with E-state index in [0.29, 0.717) is 165 Å². The topological polar surface area (TPSA) is 314 Å². The summed E-state index contributed by atoms with van der Waals surface area (Å²) in [6, 6.07) is 41.8. The number of aryl methyl sites for hydroxylation is 2. The molecule has 28 heteroatoms. The fourth-order valence-electron chi connectivity index (χ4n) is 15.6. The fourth-order valence-corrected chi connectivity index (χ4v) is 17.2. The standard InChI is InChI=1S/C79H68N16O6S6/c1-94-54-27-25-48(62-64(54)60(44-13-3-5-15-46(44)70(62)98)66(72(94)100)68(96)38-9-7-11-42(102)30-38)84-50-32-52(58(106)34-56(50)104)86-78-90-74(80)88-76(92-78)82-40-21-17-36(18-22-40)29-37-19-23-41(24-20-37)83-77-89-75(81)91-79(93-77)87-53-33-51(57(105)35-59(53)107)85-49-26-28-55-65-61(45-14-4-6-16-47(45)71(99)63(49)65)67(73(101)95(55)2)69(97)39-10-8-12-43(103)31-39/h3-16,25-28,30-37,40-41,84-85,102-107H,17-24,29H2,1-2H3,(H4,80,82,86,88,90,92)(H4,81,83,87,89,91,93). The van der Waals surface area contributed by atoms with Crippen LogP contribution in [0.5, 0.6) is 0 Å². The lowest BCUT2D eigenvalue weighted by Gasteiger charge is -2.34. The number of nitrogen functional groups attached to an aromatic ring is 2. The van der Waals surface area contributed by atoms with Gasteiger partial charge in [-0.3, -0.25) is 28.8 Å². The highest BCUT2D eigenvalue weighted by Crippen LogP contribution is 2.48. The Kier molecular flexibility index (Phi) is 18.9. The molecule has 22 nitrogen and oxygen atoms in total. The lowest BCUT2D eigenvalue weighted by atomic mass is 9.75. The summed E-state index contributed by atoms with van der Waals surface area (Å²) in [5, 5.41) is 21.5. The normalized spacial score (nSPS) is 16.4. The number of nitrogens with zero attached hydrogens (tertiary/aromatic N) is 8. The van der Waals surface area contributed by atoms with Crippen LogP contribution in [0.2, 0.25) is 0 Å². The van der Waals surface area contributed by atoms with E-state index < -0.39 is 22.7 Å². The SMILES string of the molecule is Cn1c(=O)c(C(=O)c2cccc(S)c2)c2c3c(c(Nc4cc(Nc5nc(N)nc(NC6CCC(CC7CCC(Nc8nc(N)nc(Nc9cc(Nc%10ccc%11c%12c%10C(=O)c%10ccccc%10-c%12c(C(=O)c%10cccc(S)c%10)c(=O)n%11C)c(S)cc9S)n8)CC7)CC6)n5)c(S)cc4S)ccc31)C(=O)c1ccccc1-2. The van der Waals surface area contributed by atoms with Gasteiger partial charge in [0.25, 0.3) is 11.1 Å². The zero-order valence-electron chi connectivity index (χ0n) is 57.4. The number of carbonyl (C=O) groups is 4. The van der Waals surface area contributed by atoms with Crippen LogP contribution in [-0.4, -0.2) is 74.3 Å². The number of hydrogen-bond donors (Lipinski definition) is 14. The molecule has 2 fully saturated rings. The summed E-state index contributed by atoms with van der Waals surface area (Å²) in [5.74, 6) is 0.695. The van der Waals surface area contributed by atoms with E-state index in [2.05, 4.69) is 77.1 Å². The van der Waals surface area contributed by atoms with Gasteiger partial charge in [-0.1, -0.05) is 72.8 Å². The van der Waals surface area contributed by atoms with Gasteiger partial charge in [-0.2, -0.15) is 29.9 Å². The van der Waals surface area contributed by atoms with Crippen molar-refractivity contribution in [2.45, 2.75) is 99.2 Å². The van der Waals surface area contributed by atoms with Crippen LogP contribution in [0.4, 0.5) is 69.8 Å². The Bertz CT molecular complexity index is 5580. The zero-order valence-corrected chi connectivity index (χ0v) is 62.8. The second-order valence-corrected chi connectivity index (χ2v) is 30.4. The number of rotatable bonds is 18. The van der Waals surface area contributed by atoms with Crippen molar-refractivity contribution in [1.29, 1.82) is 0 Å². The highest BCUT2D eigenvalue weighted by Gasteiger charge is 2.37. The lowest BCUT2D eigenvalue weighted by molar-refractivity contribution is 0.102. The van der Waals surface area contributed by atoms with Crippen LogP contribution < -0.4 is 54.5 Å². The summed E-state index contributed by atoms with van der Waals surface area (Å²) in [5.41, 5.74) is 19.1. The predicted octanol–water partition coefficient (Wildman–Crippen LogP) is 15.5. The molecule has 0 radical (unpaired) electrons. The van der Waals surface area contributed by atoms with Crippen LogP contribution in [0.3, 0.4) is 0 Å². The number of ketones is 4. The molecule has 4 aliphatic carbocycles. The van der Waals surface area contributed by atoms with Crippen molar-refractivity contribution in [3.8, 4) is 22.3 Å². The molecule has 0 amide bonds. The Morgan fingerprint density at radius 2 is 0.766 bits per heavy atom. The molecule has 16 rings (SSSR count). The Morgan fingerprint density at radius 3 is 1.15 bits per heavy atom. The predicted molar refractivity (Wildman–Crippen MR) is 437 cm³/mol. The van der Waals surface area contributed by atoms with Gasteiger partial charge in [0.1, 0.15) is 0 Å². The average Bonchev–Trinajstić information content (AvgIpc) is 0.713. The van der Waals surface area contributed by atoms with Gasteiger partial charge in [0, 0.05) is 99.7 Å². The van der Waals surface area contributed by atoms with Crippen LogP contribution in [-0.2, 0) is 14.1 Å². The second-order valence-electron chi connectivity index (χ2n) is 27.4. The molecule has 8 aromatic carbocycles. The summed E-state index contributed by atoms with van der Waals surface area (Å²) in [6.07, 6.45) is 8.99. The molecule has 0 saturated heterocycles. The van der Waals surface area contributed by atoms with E-state index in [1.807, 2.05) is 0 Å². The molecule has 107 heavy (non-hydrogen) atoms. The van der Waals surface area contributed by atoms with E-state index in [1.54, 1.807) is 160 Å². The highest BCUT2D eigenvalue weighted by molar-refractivity contribution is 7.81. The van der Waals surface area contributed by atoms with Gasteiger partial charge < -0.3 is 52.5 Å². The van der Waals surface area contributed by atoms with Crippen LogP contribution in [0.1, 0.15) is 121 Å². The molecule has 0 bridgehead atoms. The summed E-state index contributed by atoms with van der Waals surface area (Å²) in [4.78, 5) is 118. The smallest absolute Gasteiger partial charge is 0.262 e. The van der Waals surface area contributed by atoms with Gasteiger partial charge in [-0.25, -0.2) is 0 Å². The average molecular weight is 1530 g/mol. The minimum atomic E-state index is -0.491. The van der Waals surface area contributed by atoms with Crippen LogP contribution in [0.25, 0.3) is 44.1 Å². The first-order chi connectivity index (χ1) is 51.6. The van der Waals surface area contributed by atoms with E-state index in [4.69, 9.17) is 72.0 Å². The highest BCUT2D eigenvalue weighted by atomic mass is 32.1. The zero-order chi connectivity index (χ0) is 74.4. The maximum Gasteiger partial charge on any atom is 0.262 e.